The zero-order valence-corrected chi connectivity index (χ0v) is 18.3. The fraction of sp³-hybridized carbons (Fsp3) is 0.348. The number of allylic oxidation sites excluding steroid dienone is 1. The molecule has 0 aromatic carbocycles. The van der Waals surface area contributed by atoms with Crippen molar-refractivity contribution in [3.05, 3.63) is 54.1 Å². The quantitative estimate of drug-likeness (QED) is 0.338. The summed E-state index contributed by atoms with van der Waals surface area (Å²) in [4.78, 5) is 13.4. The Bertz CT molecular complexity index is 1100. The van der Waals surface area contributed by atoms with E-state index >= 15 is 0 Å². The fourth-order valence-corrected chi connectivity index (χ4v) is 3.30. The third kappa shape index (κ3) is 5.21. The van der Waals surface area contributed by atoms with Gasteiger partial charge in [-0.25, -0.2) is 20.5 Å². The van der Waals surface area contributed by atoms with Crippen LogP contribution in [0.2, 0.25) is 0 Å². The molecule has 3 heterocycles. The lowest BCUT2D eigenvalue weighted by Gasteiger charge is -2.23. The van der Waals surface area contributed by atoms with E-state index in [9.17, 15) is 0 Å². The Balaban J connectivity index is 1.96. The molecule has 1 atom stereocenters. The lowest BCUT2D eigenvalue weighted by atomic mass is 9.91. The standard InChI is InChI=1S/C23H30N8/c1-4-6-7-15(13-29-26)19-10-16-11-20(28-14-18(16)22(24)30-19)31-21-12-17(8-9-27-21)23(3,25)5-2/h8-14,26H,4-7,25H2,1-3H3,(H2,24,30)(H,27,28,31)/b15-13+,29-26?/t23-/m1/s1. The van der Waals surface area contributed by atoms with Crippen LogP contribution in [-0.4, -0.2) is 15.0 Å². The summed E-state index contributed by atoms with van der Waals surface area (Å²) in [6.07, 6.45) is 8.63. The van der Waals surface area contributed by atoms with Gasteiger partial charge in [-0.15, -0.1) is 0 Å². The van der Waals surface area contributed by atoms with Crippen LogP contribution in [0, 0.1) is 5.53 Å². The second kappa shape index (κ2) is 9.61. The number of pyridine rings is 3. The SMILES string of the molecule is CCCC/C(=C\N=N)c1cc2cc(Nc3cc([C@](C)(N)CC)ccn3)ncc2c(N)n1. The van der Waals surface area contributed by atoms with Crippen LogP contribution in [0.1, 0.15) is 57.7 Å². The van der Waals surface area contributed by atoms with Gasteiger partial charge < -0.3 is 16.8 Å². The molecule has 0 saturated carbocycles. The maximum absolute atomic E-state index is 7.22. The van der Waals surface area contributed by atoms with E-state index in [1.165, 1.54) is 6.20 Å². The van der Waals surface area contributed by atoms with Crippen molar-refractivity contribution in [2.45, 2.75) is 52.0 Å². The Kier molecular flexibility index (Phi) is 6.91. The number of aromatic nitrogens is 3. The molecule has 3 aromatic rings. The van der Waals surface area contributed by atoms with Crippen molar-refractivity contribution in [3.8, 4) is 0 Å². The van der Waals surface area contributed by atoms with Gasteiger partial charge in [-0.3, -0.25) is 0 Å². The van der Waals surface area contributed by atoms with Gasteiger partial charge in [0.05, 0.1) is 11.9 Å². The van der Waals surface area contributed by atoms with E-state index in [0.29, 0.717) is 17.5 Å². The maximum atomic E-state index is 7.22. The maximum Gasteiger partial charge on any atom is 0.133 e. The first-order valence-electron chi connectivity index (χ1n) is 10.5. The molecule has 0 bridgehead atoms. The highest BCUT2D eigenvalue weighted by molar-refractivity contribution is 5.94. The molecule has 0 amide bonds. The molecule has 0 spiro atoms. The van der Waals surface area contributed by atoms with Crippen molar-refractivity contribution in [3.63, 3.8) is 0 Å². The predicted octanol–water partition coefficient (Wildman–Crippen LogP) is 5.50. The molecular weight excluding hydrogens is 388 g/mol. The molecule has 6 N–H and O–H groups in total. The summed E-state index contributed by atoms with van der Waals surface area (Å²) in [5.74, 6) is 1.72. The summed E-state index contributed by atoms with van der Waals surface area (Å²) in [5, 5.41) is 8.38. The van der Waals surface area contributed by atoms with E-state index in [-0.39, 0.29) is 0 Å². The lowest BCUT2D eigenvalue weighted by molar-refractivity contribution is 0.476. The van der Waals surface area contributed by atoms with Gasteiger partial charge in [0.1, 0.15) is 17.5 Å². The summed E-state index contributed by atoms with van der Waals surface area (Å²) in [7, 11) is 0. The Hall–Kier alpha value is -3.39. The summed E-state index contributed by atoms with van der Waals surface area (Å²) >= 11 is 0. The zero-order valence-electron chi connectivity index (χ0n) is 18.3. The van der Waals surface area contributed by atoms with Crippen LogP contribution in [0.3, 0.4) is 0 Å². The van der Waals surface area contributed by atoms with Crippen LogP contribution >= 0.6 is 0 Å². The van der Waals surface area contributed by atoms with Gasteiger partial charge in [0.15, 0.2) is 0 Å². The summed E-state index contributed by atoms with van der Waals surface area (Å²) in [6, 6.07) is 7.76. The molecule has 3 rings (SSSR count). The first kappa shape index (κ1) is 22.3. The smallest absolute Gasteiger partial charge is 0.133 e. The highest BCUT2D eigenvalue weighted by Crippen LogP contribution is 2.29. The normalized spacial score (nSPS) is 13.7. The van der Waals surface area contributed by atoms with E-state index in [4.69, 9.17) is 17.0 Å². The van der Waals surface area contributed by atoms with Crippen molar-refractivity contribution in [1.82, 2.24) is 15.0 Å². The van der Waals surface area contributed by atoms with Crippen molar-refractivity contribution in [2.24, 2.45) is 10.8 Å². The number of hydrogen-bond acceptors (Lipinski definition) is 8. The largest absolute Gasteiger partial charge is 0.383 e. The molecule has 8 heteroatoms. The highest BCUT2D eigenvalue weighted by Gasteiger charge is 2.19. The van der Waals surface area contributed by atoms with E-state index in [2.05, 4.69) is 39.2 Å². The minimum absolute atomic E-state index is 0.404. The molecule has 0 aliphatic heterocycles. The van der Waals surface area contributed by atoms with Crippen molar-refractivity contribution in [1.29, 1.82) is 5.53 Å². The summed E-state index contributed by atoms with van der Waals surface area (Å²) in [6.45, 7) is 6.19. The topological polar surface area (TPSA) is 139 Å². The molecule has 0 unspecified atom stereocenters. The van der Waals surface area contributed by atoms with E-state index in [1.54, 1.807) is 12.4 Å². The molecule has 0 radical (unpaired) electrons. The Labute approximate surface area is 182 Å². The number of nitrogens with zero attached hydrogens (tertiary/aromatic N) is 4. The summed E-state index contributed by atoms with van der Waals surface area (Å²) in [5.41, 5.74) is 22.0. The number of nitrogen functional groups attached to an aromatic ring is 1. The third-order valence-corrected chi connectivity index (χ3v) is 5.50. The lowest BCUT2D eigenvalue weighted by Crippen LogP contribution is -2.32. The minimum Gasteiger partial charge on any atom is -0.383 e. The van der Waals surface area contributed by atoms with E-state index in [0.717, 1.165) is 53.3 Å². The zero-order chi connectivity index (χ0) is 22.4. The molecule has 162 valence electrons. The van der Waals surface area contributed by atoms with Gasteiger partial charge in [0.2, 0.25) is 0 Å². The average Bonchev–Trinajstić information content (AvgIpc) is 2.76. The Morgan fingerprint density at radius 3 is 2.71 bits per heavy atom. The number of unbranched alkanes of at least 4 members (excludes halogenated alkanes) is 1. The van der Waals surface area contributed by atoms with Crippen molar-refractivity contribution in [2.75, 3.05) is 11.1 Å². The number of anilines is 3. The monoisotopic (exact) mass is 418 g/mol. The number of nitrogens with two attached hydrogens (primary N) is 2. The highest BCUT2D eigenvalue weighted by atomic mass is 15.0. The van der Waals surface area contributed by atoms with Crippen LogP contribution in [0.5, 0.6) is 0 Å². The van der Waals surface area contributed by atoms with Crippen LogP contribution in [0.25, 0.3) is 16.3 Å². The number of hydrogen-bond donors (Lipinski definition) is 4. The van der Waals surface area contributed by atoms with Crippen LogP contribution in [0.4, 0.5) is 17.5 Å². The van der Waals surface area contributed by atoms with Gasteiger partial charge in [0.25, 0.3) is 0 Å². The first-order chi connectivity index (χ1) is 14.9. The molecule has 0 aliphatic rings. The molecule has 0 saturated heterocycles. The number of rotatable bonds is 9. The van der Waals surface area contributed by atoms with Crippen LogP contribution < -0.4 is 16.8 Å². The second-order valence-electron chi connectivity index (χ2n) is 7.90. The Morgan fingerprint density at radius 2 is 2.00 bits per heavy atom. The third-order valence-electron chi connectivity index (χ3n) is 5.50. The predicted molar refractivity (Wildman–Crippen MR) is 126 cm³/mol. The second-order valence-corrected chi connectivity index (χ2v) is 7.90. The Morgan fingerprint density at radius 1 is 1.23 bits per heavy atom. The van der Waals surface area contributed by atoms with Gasteiger partial charge in [0, 0.05) is 23.3 Å². The van der Waals surface area contributed by atoms with Crippen molar-refractivity contribution >= 4 is 33.8 Å². The van der Waals surface area contributed by atoms with Crippen LogP contribution in [0.15, 0.2) is 48.0 Å². The van der Waals surface area contributed by atoms with Gasteiger partial charge in [-0.2, -0.15) is 5.11 Å². The molecule has 8 nitrogen and oxygen atoms in total. The van der Waals surface area contributed by atoms with Crippen LogP contribution in [-0.2, 0) is 5.54 Å². The van der Waals surface area contributed by atoms with Gasteiger partial charge in [-0.05, 0) is 67.0 Å². The van der Waals surface area contributed by atoms with E-state index in [1.807, 2.05) is 31.2 Å². The first-order valence-corrected chi connectivity index (χ1v) is 10.5. The molecular formula is C23H30N8. The minimum atomic E-state index is -0.421. The summed E-state index contributed by atoms with van der Waals surface area (Å²) < 4.78 is 0. The molecule has 3 aromatic heterocycles. The number of fused-ring (bicyclic) bond motifs is 1. The molecule has 31 heavy (non-hydrogen) atoms. The van der Waals surface area contributed by atoms with Crippen molar-refractivity contribution < 1.29 is 0 Å². The van der Waals surface area contributed by atoms with Gasteiger partial charge in [-0.1, -0.05) is 20.3 Å². The molecule has 0 fully saturated rings. The average molecular weight is 419 g/mol. The fourth-order valence-electron chi connectivity index (χ4n) is 3.30. The number of nitrogens with one attached hydrogen (secondary N) is 2. The molecule has 0 aliphatic carbocycles. The van der Waals surface area contributed by atoms with Gasteiger partial charge >= 0.3 is 0 Å². The van der Waals surface area contributed by atoms with E-state index < -0.39 is 5.54 Å².